The number of hydrogen-bond donors (Lipinski definition) is 1. The van der Waals surface area contributed by atoms with Crippen molar-refractivity contribution in [1.29, 1.82) is 0 Å². The third-order valence-electron chi connectivity index (χ3n) is 3.44. The van der Waals surface area contributed by atoms with Crippen molar-refractivity contribution in [1.82, 2.24) is 5.32 Å². The Morgan fingerprint density at radius 1 is 1.16 bits per heavy atom. The maximum absolute atomic E-state index is 13.9. The van der Waals surface area contributed by atoms with E-state index < -0.39 is 23.5 Å². The minimum absolute atomic E-state index is 0.0728. The summed E-state index contributed by atoms with van der Waals surface area (Å²) in [6, 6.07) is 0.990. The smallest absolute Gasteiger partial charge is 0.134 e. The van der Waals surface area contributed by atoms with E-state index in [2.05, 4.69) is 5.32 Å². The number of likely N-dealkylation sites (N-methyl/N-ethyl adjacent to an activating group) is 1. The van der Waals surface area contributed by atoms with Gasteiger partial charge in [0, 0.05) is 17.7 Å². The summed E-state index contributed by atoms with van der Waals surface area (Å²) < 4.78 is 40.8. The van der Waals surface area contributed by atoms with E-state index in [-0.39, 0.29) is 5.56 Å². The highest BCUT2D eigenvalue weighted by Crippen LogP contribution is 2.32. The van der Waals surface area contributed by atoms with Crippen LogP contribution in [0.2, 0.25) is 0 Å². The molecule has 1 aromatic carbocycles. The van der Waals surface area contributed by atoms with Crippen LogP contribution in [0.1, 0.15) is 44.2 Å². The molecule has 1 aromatic rings. The van der Waals surface area contributed by atoms with Crippen LogP contribution in [0, 0.1) is 17.5 Å². The number of allylic oxidation sites excluding steroid dienone is 1. The fourth-order valence-corrected chi connectivity index (χ4v) is 2.58. The molecule has 2 rings (SSSR count). The van der Waals surface area contributed by atoms with Gasteiger partial charge in [0.25, 0.3) is 0 Å². The highest BCUT2D eigenvalue weighted by molar-refractivity contribution is 5.32. The van der Waals surface area contributed by atoms with Crippen molar-refractivity contribution < 1.29 is 13.2 Å². The molecule has 0 heterocycles. The molecule has 0 saturated heterocycles. The lowest BCUT2D eigenvalue weighted by Gasteiger charge is -2.25. The topological polar surface area (TPSA) is 12.0 Å². The molecule has 0 spiro atoms. The van der Waals surface area contributed by atoms with Crippen LogP contribution in [-0.4, -0.2) is 6.54 Å². The van der Waals surface area contributed by atoms with Crippen molar-refractivity contribution in [2.24, 2.45) is 0 Å². The van der Waals surface area contributed by atoms with Crippen LogP contribution in [0.5, 0.6) is 0 Å². The zero-order valence-corrected chi connectivity index (χ0v) is 11.0. The molecule has 1 aliphatic carbocycles. The monoisotopic (exact) mass is 269 g/mol. The van der Waals surface area contributed by atoms with E-state index in [0.717, 1.165) is 43.4 Å². The van der Waals surface area contributed by atoms with Gasteiger partial charge in [-0.2, -0.15) is 0 Å². The lowest BCUT2D eigenvalue weighted by atomic mass is 9.89. The van der Waals surface area contributed by atoms with Crippen molar-refractivity contribution in [2.45, 2.75) is 38.6 Å². The SMILES string of the molecule is CCNC(C1=CCCCC1)c1c(F)cc(F)cc1F. The number of hydrogen-bond acceptors (Lipinski definition) is 1. The number of nitrogens with one attached hydrogen (secondary N) is 1. The molecule has 0 aliphatic heterocycles. The van der Waals surface area contributed by atoms with E-state index in [4.69, 9.17) is 0 Å². The summed E-state index contributed by atoms with van der Waals surface area (Å²) in [7, 11) is 0. The van der Waals surface area contributed by atoms with Crippen LogP contribution in [0.3, 0.4) is 0 Å². The summed E-state index contributed by atoms with van der Waals surface area (Å²) in [4.78, 5) is 0. The molecule has 0 radical (unpaired) electrons. The Kier molecular flexibility index (Phi) is 4.64. The molecule has 1 N–H and O–H groups in total. The first-order chi connectivity index (χ1) is 9.13. The van der Waals surface area contributed by atoms with Crippen LogP contribution in [0.15, 0.2) is 23.8 Å². The fraction of sp³-hybridized carbons (Fsp3) is 0.467. The quantitative estimate of drug-likeness (QED) is 0.805. The Morgan fingerprint density at radius 2 is 1.84 bits per heavy atom. The molecule has 104 valence electrons. The zero-order chi connectivity index (χ0) is 13.8. The van der Waals surface area contributed by atoms with Gasteiger partial charge in [-0.15, -0.1) is 0 Å². The Bertz CT molecular complexity index is 459. The van der Waals surface area contributed by atoms with Crippen molar-refractivity contribution in [3.8, 4) is 0 Å². The molecule has 0 amide bonds. The van der Waals surface area contributed by atoms with E-state index in [1.165, 1.54) is 0 Å². The van der Waals surface area contributed by atoms with Crippen molar-refractivity contribution in [2.75, 3.05) is 6.54 Å². The first kappa shape index (κ1) is 14.1. The molecule has 0 saturated carbocycles. The van der Waals surface area contributed by atoms with E-state index in [9.17, 15) is 13.2 Å². The average Bonchev–Trinajstić information content (AvgIpc) is 2.37. The Hall–Kier alpha value is -1.29. The second-order valence-corrected chi connectivity index (χ2v) is 4.80. The summed E-state index contributed by atoms with van der Waals surface area (Å²) in [5.41, 5.74) is 0.925. The molecule has 0 bridgehead atoms. The molecule has 1 aliphatic rings. The maximum atomic E-state index is 13.9. The molecular weight excluding hydrogens is 251 g/mol. The average molecular weight is 269 g/mol. The van der Waals surface area contributed by atoms with Crippen molar-refractivity contribution >= 4 is 0 Å². The van der Waals surface area contributed by atoms with E-state index in [1.54, 1.807) is 0 Å². The summed E-state index contributed by atoms with van der Waals surface area (Å²) >= 11 is 0. The third-order valence-corrected chi connectivity index (χ3v) is 3.44. The summed E-state index contributed by atoms with van der Waals surface area (Å²) in [5, 5.41) is 3.10. The van der Waals surface area contributed by atoms with Crippen LogP contribution < -0.4 is 5.32 Å². The minimum Gasteiger partial charge on any atom is -0.307 e. The number of rotatable bonds is 4. The molecular formula is C15H18F3N. The predicted octanol–water partition coefficient (Wildman–Crippen LogP) is 4.25. The van der Waals surface area contributed by atoms with Crippen LogP contribution >= 0.6 is 0 Å². The number of benzene rings is 1. The molecule has 0 aromatic heterocycles. The van der Waals surface area contributed by atoms with Crippen LogP contribution in [0.4, 0.5) is 13.2 Å². The van der Waals surface area contributed by atoms with E-state index in [0.29, 0.717) is 6.54 Å². The van der Waals surface area contributed by atoms with Gasteiger partial charge in [0.1, 0.15) is 17.5 Å². The second-order valence-electron chi connectivity index (χ2n) is 4.80. The highest BCUT2D eigenvalue weighted by Gasteiger charge is 2.24. The summed E-state index contributed by atoms with van der Waals surface area (Å²) in [6.07, 6.45) is 5.93. The molecule has 4 heteroatoms. The van der Waals surface area contributed by atoms with Gasteiger partial charge in [-0.25, -0.2) is 13.2 Å². The lowest BCUT2D eigenvalue weighted by molar-refractivity contribution is 0.477. The predicted molar refractivity (Wildman–Crippen MR) is 69.3 cm³/mol. The van der Waals surface area contributed by atoms with Gasteiger partial charge < -0.3 is 5.32 Å². The third kappa shape index (κ3) is 3.18. The Balaban J connectivity index is 2.41. The highest BCUT2D eigenvalue weighted by atomic mass is 19.1. The van der Waals surface area contributed by atoms with E-state index in [1.807, 2.05) is 13.0 Å². The van der Waals surface area contributed by atoms with Gasteiger partial charge in [0.05, 0.1) is 6.04 Å². The largest absolute Gasteiger partial charge is 0.307 e. The van der Waals surface area contributed by atoms with Gasteiger partial charge in [-0.05, 0) is 32.2 Å². The fourth-order valence-electron chi connectivity index (χ4n) is 2.58. The van der Waals surface area contributed by atoms with Gasteiger partial charge in [0.2, 0.25) is 0 Å². The Labute approximate surface area is 111 Å². The molecule has 1 atom stereocenters. The Morgan fingerprint density at radius 3 is 2.37 bits per heavy atom. The minimum atomic E-state index is -0.883. The molecule has 1 unspecified atom stereocenters. The number of halogens is 3. The normalized spacial score (nSPS) is 17.2. The van der Waals surface area contributed by atoms with Crippen LogP contribution in [-0.2, 0) is 0 Å². The zero-order valence-electron chi connectivity index (χ0n) is 11.0. The van der Waals surface area contributed by atoms with Gasteiger partial charge in [-0.3, -0.25) is 0 Å². The van der Waals surface area contributed by atoms with Gasteiger partial charge >= 0.3 is 0 Å². The van der Waals surface area contributed by atoms with Crippen LogP contribution in [0.25, 0.3) is 0 Å². The van der Waals surface area contributed by atoms with Gasteiger partial charge in [-0.1, -0.05) is 18.6 Å². The van der Waals surface area contributed by atoms with Gasteiger partial charge in [0.15, 0.2) is 0 Å². The van der Waals surface area contributed by atoms with E-state index >= 15 is 0 Å². The molecule has 1 nitrogen and oxygen atoms in total. The lowest BCUT2D eigenvalue weighted by Crippen LogP contribution is -2.25. The first-order valence-electron chi connectivity index (χ1n) is 6.70. The summed E-state index contributed by atoms with van der Waals surface area (Å²) in [6.45, 7) is 2.48. The second kappa shape index (κ2) is 6.24. The maximum Gasteiger partial charge on any atom is 0.134 e. The standard InChI is InChI=1S/C15H18F3N/c1-2-19-15(10-6-4-3-5-7-10)14-12(17)8-11(16)9-13(14)18/h6,8-9,15,19H,2-5,7H2,1H3. The molecule has 19 heavy (non-hydrogen) atoms. The van der Waals surface area contributed by atoms with Crippen molar-refractivity contribution in [3.05, 3.63) is 46.8 Å². The van der Waals surface area contributed by atoms with Crippen molar-refractivity contribution in [3.63, 3.8) is 0 Å². The summed E-state index contributed by atoms with van der Waals surface area (Å²) in [5.74, 6) is -2.53. The first-order valence-corrected chi connectivity index (χ1v) is 6.70. The molecule has 0 fully saturated rings.